The molecule has 6 heteroatoms. The van der Waals surface area contributed by atoms with Gasteiger partial charge in [-0.3, -0.25) is 4.21 Å². The molecule has 0 bridgehead atoms. The van der Waals surface area contributed by atoms with E-state index >= 15 is 0 Å². The molecule has 0 spiro atoms. The van der Waals surface area contributed by atoms with Gasteiger partial charge in [-0.25, -0.2) is 13.6 Å². The molecule has 0 saturated heterocycles. The van der Waals surface area contributed by atoms with Gasteiger partial charge in [-0.1, -0.05) is 0 Å². The highest BCUT2D eigenvalue weighted by atomic mass is 32.2. The van der Waals surface area contributed by atoms with Crippen LogP contribution in [0.1, 0.15) is 29.6 Å². The molecular formula is C13H14F2O3S. The summed E-state index contributed by atoms with van der Waals surface area (Å²) in [4.78, 5) is 11.2. The average Bonchev–Trinajstić information content (AvgIpc) is 2.68. The van der Waals surface area contributed by atoms with Crippen molar-refractivity contribution in [3.8, 4) is 0 Å². The highest BCUT2D eigenvalue weighted by molar-refractivity contribution is 7.85. The molecule has 3 nitrogen and oxygen atoms in total. The van der Waals surface area contributed by atoms with Gasteiger partial charge in [0.25, 0.3) is 0 Å². The minimum atomic E-state index is -2.62. The Hall–Kier alpha value is -1.30. The number of aromatic carboxylic acids is 1. The van der Waals surface area contributed by atoms with Crippen LogP contribution in [0.4, 0.5) is 8.78 Å². The Bertz CT molecular complexity index is 499. The van der Waals surface area contributed by atoms with Crippen molar-refractivity contribution in [1.29, 1.82) is 0 Å². The van der Waals surface area contributed by atoms with Crippen LogP contribution in [0.2, 0.25) is 0 Å². The van der Waals surface area contributed by atoms with Crippen molar-refractivity contribution in [1.82, 2.24) is 0 Å². The number of carbonyl (C=O) groups is 1. The molecule has 104 valence electrons. The van der Waals surface area contributed by atoms with E-state index < -0.39 is 22.7 Å². The number of rotatable bonds is 4. The predicted molar refractivity (Wildman–Crippen MR) is 67.0 cm³/mol. The summed E-state index contributed by atoms with van der Waals surface area (Å²) in [5.74, 6) is -3.69. The number of carboxylic acids is 1. The lowest BCUT2D eigenvalue weighted by Gasteiger charge is -2.10. The van der Waals surface area contributed by atoms with Crippen LogP contribution in [0.5, 0.6) is 0 Å². The van der Waals surface area contributed by atoms with Gasteiger partial charge in [0.1, 0.15) is 0 Å². The van der Waals surface area contributed by atoms with Gasteiger partial charge >= 0.3 is 5.97 Å². The van der Waals surface area contributed by atoms with Crippen molar-refractivity contribution < 1.29 is 22.9 Å². The van der Waals surface area contributed by atoms with E-state index in [1.54, 1.807) is 0 Å². The molecule has 1 aromatic carbocycles. The molecule has 1 aliphatic carbocycles. The van der Waals surface area contributed by atoms with Gasteiger partial charge in [0.2, 0.25) is 5.92 Å². The maximum absolute atomic E-state index is 13.0. The van der Waals surface area contributed by atoms with Crippen molar-refractivity contribution >= 4 is 16.8 Å². The van der Waals surface area contributed by atoms with Crippen molar-refractivity contribution in [2.45, 2.75) is 30.1 Å². The predicted octanol–water partition coefficient (Wildman–Crippen LogP) is 2.93. The van der Waals surface area contributed by atoms with Crippen LogP contribution in [0.15, 0.2) is 29.2 Å². The quantitative estimate of drug-likeness (QED) is 0.926. The molecule has 2 unspecified atom stereocenters. The number of benzene rings is 1. The Morgan fingerprint density at radius 2 is 2.00 bits per heavy atom. The first-order valence-electron chi connectivity index (χ1n) is 5.97. The fraction of sp³-hybridized carbons (Fsp3) is 0.462. The van der Waals surface area contributed by atoms with E-state index in [4.69, 9.17) is 5.11 Å². The lowest BCUT2D eigenvalue weighted by molar-refractivity contribution is 0.00593. The van der Waals surface area contributed by atoms with Crippen LogP contribution in [-0.2, 0) is 10.8 Å². The summed E-state index contributed by atoms with van der Waals surface area (Å²) in [5.41, 5.74) is 0.119. The van der Waals surface area contributed by atoms with E-state index in [9.17, 15) is 17.8 Å². The summed E-state index contributed by atoms with van der Waals surface area (Å²) in [5, 5.41) is 8.74. The van der Waals surface area contributed by atoms with Gasteiger partial charge in [-0.05, 0) is 36.6 Å². The van der Waals surface area contributed by atoms with Crippen molar-refractivity contribution in [3.63, 3.8) is 0 Å². The molecule has 2 rings (SSSR count). The maximum Gasteiger partial charge on any atom is 0.335 e. The van der Waals surface area contributed by atoms with Gasteiger partial charge in [0.15, 0.2) is 0 Å². The van der Waals surface area contributed by atoms with Crippen LogP contribution in [-0.4, -0.2) is 27.0 Å². The number of carboxylic acid groups (broad SMARTS) is 1. The molecule has 1 aromatic rings. The normalized spacial score (nSPS) is 23.2. The van der Waals surface area contributed by atoms with Crippen molar-refractivity contribution in [2.75, 3.05) is 5.75 Å². The van der Waals surface area contributed by atoms with Gasteiger partial charge in [0.05, 0.1) is 16.4 Å². The van der Waals surface area contributed by atoms with Gasteiger partial charge in [-0.15, -0.1) is 0 Å². The highest BCUT2D eigenvalue weighted by Gasteiger charge is 2.39. The summed E-state index contributed by atoms with van der Waals surface area (Å²) in [7, 11) is -1.35. The zero-order chi connectivity index (χ0) is 14.0. The molecule has 2 atom stereocenters. The lowest BCUT2D eigenvalue weighted by atomic mass is 10.1. The molecule has 0 radical (unpaired) electrons. The molecule has 1 aliphatic rings. The van der Waals surface area contributed by atoms with Crippen LogP contribution >= 0.6 is 0 Å². The van der Waals surface area contributed by atoms with Crippen LogP contribution in [0, 0.1) is 5.92 Å². The second-order valence-electron chi connectivity index (χ2n) is 4.81. The second kappa shape index (κ2) is 5.36. The first-order chi connectivity index (χ1) is 8.87. The zero-order valence-electron chi connectivity index (χ0n) is 10.1. The third-order valence-corrected chi connectivity index (χ3v) is 4.83. The highest BCUT2D eigenvalue weighted by Crippen LogP contribution is 2.39. The first kappa shape index (κ1) is 14.1. The van der Waals surface area contributed by atoms with Crippen molar-refractivity contribution in [3.05, 3.63) is 29.8 Å². The number of halogens is 2. The minimum Gasteiger partial charge on any atom is -0.478 e. The van der Waals surface area contributed by atoms with E-state index in [1.807, 2.05) is 0 Å². The fourth-order valence-corrected chi connectivity index (χ4v) is 3.59. The lowest BCUT2D eigenvalue weighted by Crippen LogP contribution is -2.13. The molecular weight excluding hydrogens is 274 g/mol. The molecule has 19 heavy (non-hydrogen) atoms. The smallest absolute Gasteiger partial charge is 0.335 e. The third-order valence-electron chi connectivity index (χ3n) is 3.26. The van der Waals surface area contributed by atoms with Gasteiger partial charge < -0.3 is 5.11 Å². The van der Waals surface area contributed by atoms with E-state index in [1.165, 1.54) is 24.3 Å². The summed E-state index contributed by atoms with van der Waals surface area (Å²) < 4.78 is 38.1. The SMILES string of the molecule is O=C(O)c1ccc(S(=O)CC2CCC(F)(F)C2)cc1. The molecule has 0 heterocycles. The molecule has 1 saturated carbocycles. The Balaban J connectivity index is 1.99. The Morgan fingerprint density at radius 1 is 1.37 bits per heavy atom. The van der Waals surface area contributed by atoms with E-state index in [0.717, 1.165) is 0 Å². The minimum absolute atomic E-state index is 0.119. The molecule has 1 fully saturated rings. The van der Waals surface area contributed by atoms with Crippen LogP contribution in [0.3, 0.4) is 0 Å². The largest absolute Gasteiger partial charge is 0.478 e. The monoisotopic (exact) mass is 288 g/mol. The zero-order valence-corrected chi connectivity index (χ0v) is 11.0. The summed E-state index contributed by atoms with van der Waals surface area (Å²) in [6, 6.07) is 5.71. The standard InChI is InChI=1S/C13H14F2O3S/c14-13(15)6-5-9(7-13)8-19(18)11-3-1-10(2-4-11)12(16)17/h1-4,9H,5-8H2,(H,16,17). The van der Waals surface area contributed by atoms with Gasteiger partial charge in [-0.2, -0.15) is 0 Å². The Kier molecular flexibility index (Phi) is 3.99. The summed E-state index contributed by atoms with van der Waals surface area (Å²) in [6.45, 7) is 0. The molecule has 0 aliphatic heterocycles. The van der Waals surface area contributed by atoms with E-state index in [0.29, 0.717) is 11.3 Å². The number of alkyl halides is 2. The molecule has 0 aromatic heterocycles. The molecule has 1 N–H and O–H groups in total. The maximum atomic E-state index is 13.0. The average molecular weight is 288 g/mol. The molecule has 0 amide bonds. The second-order valence-corrected chi connectivity index (χ2v) is 6.30. The third kappa shape index (κ3) is 3.59. The summed E-state index contributed by atoms with van der Waals surface area (Å²) >= 11 is 0. The van der Waals surface area contributed by atoms with E-state index in [2.05, 4.69) is 0 Å². The number of hydrogen-bond acceptors (Lipinski definition) is 2. The first-order valence-corrected chi connectivity index (χ1v) is 7.29. The number of hydrogen-bond donors (Lipinski definition) is 1. The fourth-order valence-electron chi connectivity index (χ4n) is 2.24. The summed E-state index contributed by atoms with van der Waals surface area (Å²) in [6.07, 6.45) is 0.0602. The van der Waals surface area contributed by atoms with Crippen molar-refractivity contribution in [2.24, 2.45) is 5.92 Å². The van der Waals surface area contributed by atoms with Crippen LogP contribution in [0.25, 0.3) is 0 Å². The Labute approximate surface area is 112 Å². The van der Waals surface area contributed by atoms with Crippen LogP contribution < -0.4 is 0 Å². The van der Waals surface area contributed by atoms with Gasteiger partial charge in [0, 0.05) is 23.5 Å². The van der Waals surface area contributed by atoms with E-state index in [-0.39, 0.29) is 30.1 Å². The Morgan fingerprint density at radius 3 is 2.47 bits per heavy atom. The topological polar surface area (TPSA) is 54.4 Å².